The van der Waals surface area contributed by atoms with Crippen LogP contribution in [0.15, 0.2) is 35.4 Å². The normalized spacial score (nSPS) is 16.1. The lowest BCUT2D eigenvalue weighted by Crippen LogP contribution is -2.47. The number of piperidine rings is 1. The molecule has 0 radical (unpaired) electrons. The number of amides is 1. The van der Waals surface area contributed by atoms with E-state index < -0.39 is 35.0 Å². The van der Waals surface area contributed by atoms with Crippen LogP contribution in [0.25, 0.3) is 11.0 Å². The van der Waals surface area contributed by atoms with E-state index >= 15 is 0 Å². The number of aromatic nitrogens is 3. The number of nitrogens with zero attached hydrogens (tertiary/aromatic N) is 4. The van der Waals surface area contributed by atoms with Gasteiger partial charge in [0.05, 0.1) is 16.6 Å². The Labute approximate surface area is 204 Å². The number of aliphatic hydroxyl groups is 1. The zero-order chi connectivity index (χ0) is 26.2. The number of alkyl halides is 2. The third-order valence-electron chi connectivity index (χ3n) is 6.59. The van der Waals surface area contributed by atoms with Crippen molar-refractivity contribution >= 4 is 22.8 Å². The van der Waals surface area contributed by atoms with E-state index in [4.69, 9.17) is 6.42 Å². The number of carbonyl (C=O) groups excluding carboxylic acids is 1. The van der Waals surface area contributed by atoms with Crippen molar-refractivity contribution < 1.29 is 23.1 Å². The van der Waals surface area contributed by atoms with Crippen molar-refractivity contribution in [2.75, 3.05) is 18.4 Å². The lowest BCUT2D eigenvalue weighted by molar-refractivity contribution is -0.133. The lowest BCUT2D eigenvalue weighted by Gasteiger charge is -2.37. The molecule has 0 spiro atoms. The van der Waals surface area contributed by atoms with Crippen LogP contribution in [0.5, 0.6) is 0 Å². The van der Waals surface area contributed by atoms with Gasteiger partial charge in [-0.1, -0.05) is 24.1 Å². The molecule has 1 amide bonds. The number of anilines is 1. The Morgan fingerprint density at radius 1 is 1.25 bits per heavy atom. The van der Waals surface area contributed by atoms with Crippen molar-refractivity contribution in [2.45, 2.75) is 37.8 Å². The summed E-state index contributed by atoms with van der Waals surface area (Å²) in [6.07, 6.45) is 4.09. The topological polar surface area (TPSA) is 100 Å². The minimum absolute atomic E-state index is 0.0988. The molecule has 0 unspecified atom stereocenters. The SMILES string of the molecule is C#C[C@@H](Nc1ncnc2c1cc(C1(O)CCN(C(C)=O)CC1)c(=O)n2C)c1cccc(C(F)F)c1F. The maximum absolute atomic E-state index is 14.8. The Bertz CT molecular complexity index is 1420. The molecule has 188 valence electrons. The van der Waals surface area contributed by atoms with Gasteiger partial charge in [0, 0.05) is 38.2 Å². The number of terminal acetylenes is 1. The molecule has 0 saturated carbocycles. The van der Waals surface area contributed by atoms with Crippen LogP contribution in [0.4, 0.5) is 19.0 Å². The Hall–Kier alpha value is -3.91. The van der Waals surface area contributed by atoms with Gasteiger partial charge in [0.2, 0.25) is 5.91 Å². The summed E-state index contributed by atoms with van der Waals surface area (Å²) >= 11 is 0. The predicted octanol–water partition coefficient (Wildman–Crippen LogP) is 3.02. The van der Waals surface area contributed by atoms with E-state index in [9.17, 15) is 27.9 Å². The van der Waals surface area contributed by atoms with Crippen LogP contribution < -0.4 is 10.9 Å². The number of hydrogen-bond acceptors (Lipinski definition) is 6. The number of aryl methyl sites for hydroxylation is 1. The molecule has 1 aromatic carbocycles. The molecule has 0 bridgehead atoms. The molecule has 1 atom stereocenters. The van der Waals surface area contributed by atoms with Crippen molar-refractivity contribution in [2.24, 2.45) is 7.05 Å². The fourth-order valence-corrected chi connectivity index (χ4v) is 4.48. The van der Waals surface area contributed by atoms with Gasteiger partial charge < -0.3 is 15.3 Å². The number of halogens is 3. The van der Waals surface area contributed by atoms with E-state index in [1.165, 1.54) is 43.1 Å². The zero-order valence-electron chi connectivity index (χ0n) is 19.6. The van der Waals surface area contributed by atoms with Crippen LogP contribution in [0.1, 0.15) is 48.9 Å². The molecule has 2 aromatic heterocycles. The third-order valence-corrected chi connectivity index (χ3v) is 6.59. The number of nitrogens with one attached hydrogen (secondary N) is 1. The van der Waals surface area contributed by atoms with Gasteiger partial charge in [0.1, 0.15) is 29.7 Å². The number of pyridine rings is 1. The minimum atomic E-state index is -3.02. The molecule has 1 saturated heterocycles. The first-order valence-electron chi connectivity index (χ1n) is 11.2. The quantitative estimate of drug-likeness (QED) is 0.524. The second-order valence-corrected chi connectivity index (χ2v) is 8.71. The molecule has 1 aliphatic heterocycles. The summed E-state index contributed by atoms with van der Waals surface area (Å²) in [6.45, 7) is 2.00. The summed E-state index contributed by atoms with van der Waals surface area (Å²) in [4.78, 5) is 34.8. The Morgan fingerprint density at radius 3 is 2.53 bits per heavy atom. The van der Waals surface area contributed by atoms with Gasteiger partial charge in [0.15, 0.2) is 0 Å². The average molecular weight is 499 g/mol. The van der Waals surface area contributed by atoms with Crippen molar-refractivity contribution in [1.82, 2.24) is 19.4 Å². The Balaban J connectivity index is 1.78. The first-order chi connectivity index (χ1) is 17.1. The van der Waals surface area contributed by atoms with E-state index in [0.717, 1.165) is 6.07 Å². The van der Waals surface area contributed by atoms with E-state index in [-0.39, 0.29) is 54.4 Å². The highest BCUT2D eigenvalue weighted by molar-refractivity contribution is 5.87. The minimum Gasteiger partial charge on any atom is -0.385 e. The van der Waals surface area contributed by atoms with Gasteiger partial charge in [-0.3, -0.25) is 14.2 Å². The first kappa shape index (κ1) is 25.2. The lowest BCUT2D eigenvalue weighted by atomic mass is 9.84. The number of likely N-dealkylation sites (tertiary alicyclic amines) is 1. The summed E-state index contributed by atoms with van der Waals surface area (Å²) in [5, 5.41) is 14.6. The monoisotopic (exact) mass is 499 g/mol. The number of benzene rings is 1. The Kier molecular flexibility index (Phi) is 6.73. The largest absolute Gasteiger partial charge is 0.385 e. The molecular weight excluding hydrogens is 475 g/mol. The molecule has 4 rings (SSSR count). The molecule has 1 aliphatic rings. The molecular formula is C25H24F3N5O3. The molecule has 11 heteroatoms. The standard InChI is InChI=1S/C25H24F3N5O3/c1-4-19(15-6-5-7-16(20(15)26)21(27)28)31-22-17-12-18(24(35)32(3)23(17)30-13-29-22)25(36)8-10-33(11-9-25)14(2)34/h1,5-7,12-13,19,21,36H,8-11H2,2-3H3,(H,29,30,31)/t19-/m1/s1. The highest BCUT2D eigenvalue weighted by atomic mass is 19.3. The van der Waals surface area contributed by atoms with Crippen molar-refractivity contribution in [3.63, 3.8) is 0 Å². The second kappa shape index (κ2) is 9.62. The van der Waals surface area contributed by atoms with Gasteiger partial charge >= 0.3 is 0 Å². The molecule has 2 N–H and O–H groups in total. The van der Waals surface area contributed by atoms with Crippen molar-refractivity contribution in [3.8, 4) is 12.3 Å². The number of fused-ring (bicyclic) bond motifs is 1. The molecule has 3 heterocycles. The summed E-state index contributed by atoms with van der Waals surface area (Å²) < 4.78 is 42.5. The van der Waals surface area contributed by atoms with Gasteiger partial charge in [-0.2, -0.15) is 0 Å². The van der Waals surface area contributed by atoms with E-state index in [1.807, 2.05) is 0 Å². The van der Waals surface area contributed by atoms with Gasteiger partial charge in [-0.25, -0.2) is 23.1 Å². The summed E-state index contributed by atoms with van der Waals surface area (Å²) in [5.41, 5.74) is -2.57. The van der Waals surface area contributed by atoms with E-state index in [2.05, 4.69) is 21.2 Å². The van der Waals surface area contributed by atoms with Crippen LogP contribution in [-0.4, -0.2) is 43.5 Å². The van der Waals surface area contributed by atoms with Crippen molar-refractivity contribution in [3.05, 3.63) is 63.5 Å². The molecule has 0 aliphatic carbocycles. The molecule has 36 heavy (non-hydrogen) atoms. The third kappa shape index (κ3) is 4.40. The van der Waals surface area contributed by atoms with Crippen molar-refractivity contribution in [1.29, 1.82) is 0 Å². The second-order valence-electron chi connectivity index (χ2n) is 8.71. The fourth-order valence-electron chi connectivity index (χ4n) is 4.48. The van der Waals surface area contributed by atoms with Crippen LogP contribution in [0, 0.1) is 18.2 Å². The zero-order valence-corrected chi connectivity index (χ0v) is 19.6. The summed E-state index contributed by atoms with van der Waals surface area (Å²) in [6, 6.07) is 3.87. The fraction of sp³-hybridized carbons (Fsp3) is 0.360. The van der Waals surface area contributed by atoms with Crippen LogP contribution in [0.3, 0.4) is 0 Å². The van der Waals surface area contributed by atoms with Gasteiger partial charge in [0.25, 0.3) is 12.0 Å². The predicted molar refractivity (Wildman–Crippen MR) is 127 cm³/mol. The van der Waals surface area contributed by atoms with Crippen LogP contribution >= 0.6 is 0 Å². The maximum Gasteiger partial charge on any atom is 0.266 e. The highest BCUT2D eigenvalue weighted by Crippen LogP contribution is 2.34. The first-order valence-corrected chi connectivity index (χ1v) is 11.2. The van der Waals surface area contributed by atoms with Crippen LogP contribution in [-0.2, 0) is 17.4 Å². The summed E-state index contributed by atoms with van der Waals surface area (Å²) in [5.74, 6) is 1.24. The van der Waals surface area contributed by atoms with Crippen LogP contribution in [0.2, 0.25) is 0 Å². The number of rotatable bonds is 5. The Morgan fingerprint density at radius 2 is 1.92 bits per heavy atom. The average Bonchev–Trinajstić information content (AvgIpc) is 2.85. The molecule has 1 fully saturated rings. The molecule has 3 aromatic rings. The number of carbonyl (C=O) groups is 1. The summed E-state index contributed by atoms with van der Waals surface area (Å²) in [7, 11) is 1.49. The van der Waals surface area contributed by atoms with Gasteiger partial charge in [-0.05, 0) is 18.9 Å². The van der Waals surface area contributed by atoms with Gasteiger partial charge in [-0.15, -0.1) is 6.42 Å². The van der Waals surface area contributed by atoms with E-state index in [0.29, 0.717) is 5.39 Å². The van der Waals surface area contributed by atoms with E-state index in [1.54, 1.807) is 4.90 Å². The molecule has 8 nitrogen and oxygen atoms in total. The number of hydrogen-bond donors (Lipinski definition) is 2. The smallest absolute Gasteiger partial charge is 0.266 e. The maximum atomic E-state index is 14.8. The highest BCUT2D eigenvalue weighted by Gasteiger charge is 2.37.